The van der Waals surface area contributed by atoms with Gasteiger partial charge in [0.1, 0.15) is 17.2 Å². The molecule has 5 rings (SSSR count). The number of aromatic nitrogens is 3. The van der Waals surface area contributed by atoms with Gasteiger partial charge in [-0.3, -0.25) is 9.78 Å². The number of pyridine rings is 1. The third-order valence-electron chi connectivity index (χ3n) is 5.68. The first kappa shape index (κ1) is 23.7. The van der Waals surface area contributed by atoms with E-state index >= 15 is 0 Å². The quantitative estimate of drug-likeness (QED) is 0.184. The van der Waals surface area contributed by atoms with Gasteiger partial charge in [0.2, 0.25) is 0 Å². The Morgan fingerprint density at radius 3 is 2.36 bits per heavy atom. The summed E-state index contributed by atoms with van der Waals surface area (Å²) >= 11 is 6.42. The van der Waals surface area contributed by atoms with E-state index in [0.717, 1.165) is 17.6 Å². The summed E-state index contributed by atoms with van der Waals surface area (Å²) in [6.45, 7) is 0. The molecule has 5 aromatic rings. The molecular formula is C27H16ClF4N3O. The molecule has 0 bridgehead atoms. The number of Topliss-reactive ketones (excluding diaryl/α,β-unsaturated/α-hetero) is 1. The third-order valence-corrected chi connectivity index (χ3v) is 6.01. The van der Waals surface area contributed by atoms with Gasteiger partial charge in [-0.15, -0.1) is 0 Å². The largest absolute Gasteiger partial charge is 0.433 e. The molecule has 0 aliphatic heterocycles. The Kier molecular flexibility index (Phi) is 6.05. The molecule has 0 saturated heterocycles. The van der Waals surface area contributed by atoms with E-state index in [1.165, 1.54) is 18.2 Å². The molecule has 0 atom stereocenters. The lowest BCUT2D eigenvalue weighted by Gasteiger charge is -2.07. The van der Waals surface area contributed by atoms with Crippen molar-refractivity contribution in [3.63, 3.8) is 0 Å². The Labute approximate surface area is 207 Å². The van der Waals surface area contributed by atoms with Crippen molar-refractivity contribution >= 4 is 28.3 Å². The van der Waals surface area contributed by atoms with Gasteiger partial charge in [-0.25, -0.2) is 9.07 Å². The molecule has 0 spiro atoms. The van der Waals surface area contributed by atoms with Gasteiger partial charge in [0.25, 0.3) is 0 Å². The Balaban J connectivity index is 1.57. The van der Waals surface area contributed by atoms with Crippen molar-refractivity contribution in [1.29, 1.82) is 0 Å². The molecule has 0 aliphatic rings. The first-order chi connectivity index (χ1) is 17.2. The topological polar surface area (TPSA) is 47.8 Å². The second kappa shape index (κ2) is 9.20. The summed E-state index contributed by atoms with van der Waals surface area (Å²) in [5.41, 5.74) is 2.14. The zero-order valence-corrected chi connectivity index (χ0v) is 19.2. The van der Waals surface area contributed by atoms with Crippen LogP contribution in [0.2, 0.25) is 5.02 Å². The molecule has 0 unspecified atom stereocenters. The van der Waals surface area contributed by atoms with E-state index in [4.69, 9.17) is 16.7 Å². The van der Waals surface area contributed by atoms with Crippen molar-refractivity contribution in [2.75, 3.05) is 0 Å². The summed E-state index contributed by atoms with van der Waals surface area (Å²) in [7, 11) is 0. The molecule has 0 radical (unpaired) electrons. The highest BCUT2D eigenvalue weighted by molar-refractivity contribution is 6.33. The second-order valence-electron chi connectivity index (χ2n) is 8.10. The lowest BCUT2D eigenvalue weighted by atomic mass is 10.0. The van der Waals surface area contributed by atoms with Crippen LogP contribution in [0.25, 0.3) is 27.8 Å². The van der Waals surface area contributed by atoms with E-state index < -0.39 is 17.7 Å². The normalized spacial score (nSPS) is 11.7. The van der Waals surface area contributed by atoms with E-state index in [1.807, 2.05) is 12.1 Å². The summed E-state index contributed by atoms with van der Waals surface area (Å²) in [6.07, 6.45) is -3.62. The number of hydrogen-bond acceptors (Lipinski definition) is 3. The van der Waals surface area contributed by atoms with Crippen molar-refractivity contribution in [3.8, 4) is 16.9 Å². The zero-order valence-electron chi connectivity index (χ0n) is 18.4. The molecule has 180 valence electrons. The molecule has 4 nitrogen and oxygen atoms in total. The predicted octanol–water partition coefficient (Wildman–Crippen LogP) is 7.32. The van der Waals surface area contributed by atoms with Crippen LogP contribution in [0, 0.1) is 5.82 Å². The molecular weight excluding hydrogens is 494 g/mol. The highest BCUT2D eigenvalue weighted by Gasteiger charge is 2.32. The molecule has 36 heavy (non-hydrogen) atoms. The number of carbonyl (C=O) groups is 1. The minimum atomic E-state index is -4.55. The van der Waals surface area contributed by atoms with Crippen molar-refractivity contribution in [1.82, 2.24) is 14.8 Å². The minimum Gasteiger partial charge on any atom is -0.294 e. The van der Waals surface area contributed by atoms with Gasteiger partial charge in [0, 0.05) is 29.1 Å². The first-order valence-electron chi connectivity index (χ1n) is 10.8. The summed E-state index contributed by atoms with van der Waals surface area (Å²) in [4.78, 5) is 16.4. The minimum absolute atomic E-state index is 0.126. The summed E-state index contributed by atoms with van der Waals surface area (Å²) in [6, 6.07) is 20.1. The van der Waals surface area contributed by atoms with Gasteiger partial charge in [-0.05, 0) is 54.1 Å². The number of ketones is 1. The van der Waals surface area contributed by atoms with Crippen molar-refractivity contribution in [2.45, 2.75) is 12.6 Å². The maximum absolute atomic E-state index is 13.5. The number of carbonyl (C=O) groups excluding carboxylic acids is 1. The molecule has 2 heterocycles. The van der Waals surface area contributed by atoms with E-state index in [-0.39, 0.29) is 12.2 Å². The Hall–Kier alpha value is -4.04. The lowest BCUT2D eigenvalue weighted by Crippen LogP contribution is -2.09. The van der Waals surface area contributed by atoms with Crippen LogP contribution in [0.4, 0.5) is 17.6 Å². The average molecular weight is 510 g/mol. The van der Waals surface area contributed by atoms with E-state index in [1.54, 1.807) is 47.1 Å². The molecule has 9 heteroatoms. The first-order valence-corrected chi connectivity index (χ1v) is 11.2. The molecule has 3 aromatic carbocycles. The molecule has 0 saturated carbocycles. The summed E-state index contributed by atoms with van der Waals surface area (Å²) in [5, 5.41) is 5.94. The Morgan fingerprint density at radius 1 is 0.944 bits per heavy atom. The smallest absolute Gasteiger partial charge is 0.294 e. The Bertz CT molecular complexity index is 1580. The van der Waals surface area contributed by atoms with Gasteiger partial charge in [-0.1, -0.05) is 41.9 Å². The van der Waals surface area contributed by atoms with Crippen molar-refractivity contribution < 1.29 is 22.4 Å². The second-order valence-corrected chi connectivity index (χ2v) is 8.51. The van der Waals surface area contributed by atoms with Crippen LogP contribution in [0.3, 0.4) is 0 Å². The van der Waals surface area contributed by atoms with Crippen LogP contribution in [0.15, 0.2) is 85.1 Å². The number of halogens is 5. The van der Waals surface area contributed by atoms with Gasteiger partial charge in [-0.2, -0.15) is 18.3 Å². The SMILES string of the molecule is O=C(Cc1ccc(C(F)(F)F)nc1)c1ccc2c(-c3ccccc3Cl)nn(-c3ccc(F)cc3)c2c1. The van der Waals surface area contributed by atoms with Crippen molar-refractivity contribution in [2.24, 2.45) is 0 Å². The maximum Gasteiger partial charge on any atom is 0.433 e. The number of benzene rings is 3. The standard InChI is InChI=1S/C27H16ClF4N3O/c28-22-4-2-1-3-20(22)26-21-11-6-17(14-23(21)35(34-26)19-9-7-18(29)8-10-19)24(36)13-16-5-12-25(33-15-16)27(30,31)32/h1-12,14-15H,13H2. The molecule has 0 amide bonds. The van der Waals surface area contributed by atoms with E-state index in [2.05, 4.69) is 4.98 Å². The fraction of sp³-hybridized carbons (Fsp3) is 0.0741. The summed E-state index contributed by atoms with van der Waals surface area (Å²) in [5.74, 6) is -0.702. The van der Waals surface area contributed by atoms with Crippen LogP contribution in [-0.2, 0) is 12.6 Å². The zero-order chi connectivity index (χ0) is 25.4. The van der Waals surface area contributed by atoms with Gasteiger partial charge in [0.15, 0.2) is 5.78 Å². The number of nitrogens with zero attached hydrogens (tertiary/aromatic N) is 3. The van der Waals surface area contributed by atoms with Crippen LogP contribution in [-0.4, -0.2) is 20.5 Å². The van der Waals surface area contributed by atoms with E-state index in [0.29, 0.717) is 38.6 Å². The average Bonchev–Trinajstić information content (AvgIpc) is 3.23. The van der Waals surface area contributed by atoms with Gasteiger partial charge >= 0.3 is 6.18 Å². The maximum atomic E-state index is 13.5. The van der Waals surface area contributed by atoms with Crippen LogP contribution in [0.1, 0.15) is 21.6 Å². The fourth-order valence-corrected chi connectivity index (χ4v) is 4.13. The highest BCUT2D eigenvalue weighted by Crippen LogP contribution is 2.34. The van der Waals surface area contributed by atoms with E-state index in [9.17, 15) is 22.4 Å². The van der Waals surface area contributed by atoms with Crippen LogP contribution >= 0.6 is 11.6 Å². The number of rotatable bonds is 5. The van der Waals surface area contributed by atoms with Gasteiger partial charge < -0.3 is 0 Å². The molecule has 0 fully saturated rings. The van der Waals surface area contributed by atoms with Crippen LogP contribution < -0.4 is 0 Å². The number of alkyl halides is 3. The monoisotopic (exact) mass is 509 g/mol. The molecule has 0 aliphatic carbocycles. The summed E-state index contributed by atoms with van der Waals surface area (Å²) < 4.78 is 53.5. The lowest BCUT2D eigenvalue weighted by molar-refractivity contribution is -0.141. The molecule has 0 N–H and O–H groups in total. The number of fused-ring (bicyclic) bond motifs is 1. The molecule has 2 aromatic heterocycles. The van der Waals surface area contributed by atoms with Crippen LogP contribution in [0.5, 0.6) is 0 Å². The fourth-order valence-electron chi connectivity index (χ4n) is 3.90. The highest BCUT2D eigenvalue weighted by atomic mass is 35.5. The van der Waals surface area contributed by atoms with Gasteiger partial charge in [0.05, 0.1) is 16.2 Å². The number of hydrogen-bond donors (Lipinski definition) is 0. The Morgan fingerprint density at radius 2 is 1.69 bits per heavy atom. The van der Waals surface area contributed by atoms with Crippen molar-refractivity contribution in [3.05, 3.63) is 113 Å². The predicted molar refractivity (Wildman–Crippen MR) is 129 cm³/mol. The third kappa shape index (κ3) is 4.59.